The van der Waals surface area contributed by atoms with Crippen LogP contribution in [0.3, 0.4) is 0 Å². The Morgan fingerprint density at radius 3 is 2.67 bits per heavy atom. The predicted octanol–water partition coefficient (Wildman–Crippen LogP) is -0.383. The summed E-state index contributed by atoms with van der Waals surface area (Å²) in [6.45, 7) is 2.97. The fourth-order valence-corrected chi connectivity index (χ4v) is 1.66. The van der Waals surface area contributed by atoms with Crippen molar-refractivity contribution in [3.63, 3.8) is 0 Å². The molecule has 1 atom stereocenters. The standard InChI is InChI=1S/C11H16N4O3/c1-4-12-9-8(13-5-7-6-18-7)10(16)15(3)11(17)14(9)2/h4,7,13H,5-6H2,1-3H3/b12-4-. The molecule has 0 spiro atoms. The second-order valence-corrected chi connectivity index (χ2v) is 4.13. The van der Waals surface area contributed by atoms with Crippen LogP contribution in [-0.2, 0) is 18.8 Å². The number of ether oxygens (including phenoxy) is 1. The quantitative estimate of drug-likeness (QED) is 0.585. The van der Waals surface area contributed by atoms with E-state index in [4.69, 9.17) is 4.74 Å². The number of epoxide rings is 1. The molecule has 18 heavy (non-hydrogen) atoms. The summed E-state index contributed by atoms with van der Waals surface area (Å²) in [6.07, 6.45) is 1.69. The minimum absolute atomic E-state index is 0.144. The molecule has 0 radical (unpaired) electrons. The predicted molar refractivity (Wildman–Crippen MR) is 69.0 cm³/mol. The van der Waals surface area contributed by atoms with Crippen LogP contribution in [0.4, 0.5) is 11.5 Å². The molecule has 0 bridgehead atoms. The molecule has 0 saturated carbocycles. The van der Waals surface area contributed by atoms with Crippen molar-refractivity contribution in [3.05, 3.63) is 20.8 Å². The van der Waals surface area contributed by atoms with Crippen LogP contribution in [-0.4, -0.2) is 34.6 Å². The summed E-state index contributed by atoms with van der Waals surface area (Å²) >= 11 is 0. The van der Waals surface area contributed by atoms with Crippen LogP contribution in [0.25, 0.3) is 0 Å². The second kappa shape index (κ2) is 4.77. The highest BCUT2D eigenvalue weighted by molar-refractivity contribution is 5.67. The molecule has 1 aromatic rings. The van der Waals surface area contributed by atoms with Crippen molar-refractivity contribution >= 4 is 17.7 Å². The molecule has 0 aliphatic carbocycles. The van der Waals surface area contributed by atoms with E-state index in [9.17, 15) is 9.59 Å². The molecule has 1 fully saturated rings. The van der Waals surface area contributed by atoms with Gasteiger partial charge in [-0.25, -0.2) is 9.79 Å². The van der Waals surface area contributed by atoms with Gasteiger partial charge in [-0.3, -0.25) is 13.9 Å². The van der Waals surface area contributed by atoms with Crippen LogP contribution in [0.1, 0.15) is 6.92 Å². The van der Waals surface area contributed by atoms with Gasteiger partial charge in [0, 0.05) is 26.9 Å². The highest BCUT2D eigenvalue weighted by Gasteiger charge is 2.23. The Labute approximate surface area is 104 Å². The van der Waals surface area contributed by atoms with Gasteiger partial charge >= 0.3 is 5.69 Å². The summed E-state index contributed by atoms with van der Waals surface area (Å²) < 4.78 is 7.48. The van der Waals surface area contributed by atoms with Gasteiger partial charge in [0.15, 0.2) is 5.82 Å². The molecule has 7 nitrogen and oxygen atoms in total. The van der Waals surface area contributed by atoms with Crippen molar-refractivity contribution in [3.8, 4) is 0 Å². The summed E-state index contributed by atoms with van der Waals surface area (Å²) in [5.41, 5.74) is -0.443. The van der Waals surface area contributed by atoms with Crippen molar-refractivity contribution in [2.45, 2.75) is 13.0 Å². The lowest BCUT2D eigenvalue weighted by Gasteiger charge is -2.12. The van der Waals surface area contributed by atoms with Crippen LogP contribution >= 0.6 is 0 Å². The minimum atomic E-state index is -0.395. The number of nitrogens with zero attached hydrogens (tertiary/aromatic N) is 3. The Hall–Kier alpha value is -1.89. The van der Waals surface area contributed by atoms with Gasteiger partial charge in [-0.05, 0) is 6.92 Å². The molecular weight excluding hydrogens is 236 g/mol. The van der Waals surface area contributed by atoms with Crippen molar-refractivity contribution in [2.75, 3.05) is 18.5 Å². The Morgan fingerprint density at radius 2 is 2.11 bits per heavy atom. The van der Waals surface area contributed by atoms with Gasteiger partial charge in [-0.1, -0.05) is 0 Å². The zero-order valence-electron chi connectivity index (χ0n) is 10.6. The third-order valence-corrected chi connectivity index (χ3v) is 2.79. The zero-order chi connectivity index (χ0) is 13.3. The number of aliphatic imine (C=N–C) groups is 1. The van der Waals surface area contributed by atoms with Gasteiger partial charge < -0.3 is 10.1 Å². The number of nitrogens with one attached hydrogen (secondary N) is 1. The first-order valence-electron chi connectivity index (χ1n) is 5.70. The molecule has 98 valence electrons. The van der Waals surface area contributed by atoms with E-state index in [0.717, 1.165) is 4.57 Å². The molecule has 1 aromatic heterocycles. The van der Waals surface area contributed by atoms with E-state index < -0.39 is 5.69 Å². The third kappa shape index (κ3) is 2.21. The Kier molecular flexibility index (Phi) is 3.33. The largest absolute Gasteiger partial charge is 0.375 e. The van der Waals surface area contributed by atoms with Crippen LogP contribution in [0.15, 0.2) is 14.6 Å². The Bertz CT molecular complexity index is 596. The van der Waals surface area contributed by atoms with Crippen LogP contribution < -0.4 is 16.6 Å². The van der Waals surface area contributed by atoms with Crippen molar-refractivity contribution in [1.82, 2.24) is 9.13 Å². The van der Waals surface area contributed by atoms with Gasteiger partial charge in [0.05, 0.1) is 12.7 Å². The smallest absolute Gasteiger partial charge is 0.332 e. The lowest BCUT2D eigenvalue weighted by molar-refractivity contribution is 0.416. The van der Waals surface area contributed by atoms with Gasteiger partial charge in [0.25, 0.3) is 5.56 Å². The Morgan fingerprint density at radius 1 is 1.44 bits per heavy atom. The fourth-order valence-electron chi connectivity index (χ4n) is 1.66. The third-order valence-electron chi connectivity index (χ3n) is 2.79. The van der Waals surface area contributed by atoms with E-state index in [1.165, 1.54) is 11.6 Å². The maximum absolute atomic E-state index is 12.0. The second-order valence-electron chi connectivity index (χ2n) is 4.13. The van der Waals surface area contributed by atoms with Gasteiger partial charge in [-0.15, -0.1) is 0 Å². The monoisotopic (exact) mass is 252 g/mol. The van der Waals surface area contributed by atoms with Gasteiger partial charge in [-0.2, -0.15) is 0 Å². The summed E-state index contributed by atoms with van der Waals surface area (Å²) in [4.78, 5) is 27.9. The van der Waals surface area contributed by atoms with E-state index in [2.05, 4.69) is 10.3 Å². The fraction of sp³-hybridized carbons (Fsp3) is 0.545. The molecule has 7 heteroatoms. The van der Waals surface area contributed by atoms with Crippen molar-refractivity contribution < 1.29 is 4.74 Å². The number of aromatic nitrogens is 2. The van der Waals surface area contributed by atoms with Crippen molar-refractivity contribution in [2.24, 2.45) is 19.1 Å². The molecule has 1 N–H and O–H groups in total. The summed E-state index contributed by atoms with van der Waals surface area (Å²) in [7, 11) is 3.03. The van der Waals surface area contributed by atoms with Crippen LogP contribution in [0, 0.1) is 0 Å². The molecule has 1 aliphatic rings. The van der Waals surface area contributed by atoms with Gasteiger partial charge in [0.2, 0.25) is 0 Å². The molecule has 1 aliphatic heterocycles. The first kappa shape index (κ1) is 12.6. The minimum Gasteiger partial charge on any atom is -0.375 e. The number of rotatable bonds is 4. The number of hydrogen-bond acceptors (Lipinski definition) is 5. The summed E-state index contributed by atoms with van der Waals surface area (Å²) in [5, 5.41) is 3.01. The molecule has 0 amide bonds. The first-order valence-corrected chi connectivity index (χ1v) is 5.70. The van der Waals surface area contributed by atoms with Crippen LogP contribution in [0.5, 0.6) is 0 Å². The maximum Gasteiger partial charge on any atom is 0.332 e. The average molecular weight is 252 g/mol. The SMILES string of the molecule is C/C=N\c1c(NCC2CO2)c(=O)n(C)c(=O)n1C. The topological polar surface area (TPSA) is 80.9 Å². The maximum atomic E-state index is 12.0. The summed E-state index contributed by atoms with van der Waals surface area (Å²) in [5.74, 6) is 0.339. The highest BCUT2D eigenvalue weighted by atomic mass is 16.6. The molecule has 1 unspecified atom stereocenters. The van der Waals surface area contributed by atoms with Crippen molar-refractivity contribution in [1.29, 1.82) is 0 Å². The van der Waals surface area contributed by atoms with E-state index in [0.29, 0.717) is 24.7 Å². The average Bonchev–Trinajstić information content (AvgIpc) is 3.17. The van der Waals surface area contributed by atoms with Gasteiger partial charge in [0.1, 0.15) is 5.69 Å². The lowest BCUT2D eigenvalue weighted by Crippen LogP contribution is -2.38. The molecule has 1 saturated heterocycles. The first-order chi connectivity index (χ1) is 8.56. The molecule has 2 heterocycles. The number of anilines is 1. The normalized spacial score (nSPS) is 18.3. The highest BCUT2D eigenvalue weighted by Crippen LogP contribution is 2.19. The number of hydrogen-bond donors (Lipinski definition) is 1. The molecule has 2 rings (SSSR count). The van der Waals surface area contributed by atoms with Crippen LogP contribution in [0.2, 0.25) is 0 Å². The zero-order valence-corrected chi connectivity index (χ0v) is 10.6. The molecular formula is C11H16N4O3. The summed E-state index contributed by atoms with van der Waals surface area (Å²) in [6, 6.07) is 0. The molecule has 0 aromatic carbocycles. The lowest BCUT2D eigenvalue weighted by atomic mass is 10.4. The Balaban J connectivity index is 2.52. The van der Waals surface area contributed by atoms with E-state index >= 15 is 0 Å². The van der Waals surface area contributed by atoms with E-state index in [1.807, 2.05) is 0 Å². The van der Waals surface area contributed by atoms with E-state index in [1.54, 1.807) is 20.2 Å². The van der Waals surface area contributed by atoms with E-state index in [-0.39, 0.29) is 11.7 Å².